The highest BCUT2D eigenvalue weighted by molar-refractivity contribution is 9.10. The molecule has 0 saturated heterocycles. The Balaban J connectivity index is 2.26. The average molecular weight is 357 g/mol. The summed E-state index contributed by atoms with van der Waals surface area (Å²) in [4.78, 5) is 0. The molecule has 0 aliphatic heterocycles. The average Bonchev–Trinajstić information content (AvgIpc) is 2.42. The van der Waals surface area contributed by atoms with Gasteiger partial charge in [0.1, 0.15) is 17.2 Å². The monoisotopic (exact) mass is 355 g/mol. The molecule has 2 aromatic rings. The first-order valence-corrected chi connectivity index (χ1v) is 7.24. The maximum atomic E-state index is 6.21. The Morgan fingerprint density at radius 2 is 1.85 bits per heavy atom. The van der Waals surface area contributed by atoms with Crippen molar-refractivity contribution in [1.29, 1.82) is 0 Å². The molecular formula is C15H15BrClNO2. The van der Waals surface area contributed by atoms with Crippen molar-refractivity contribution in [1.82, 2.24) is 0 Å². The number of benzene rings is 2. The smallest absolute Gasteiger partial charge is 0.146 e. The molecule has 0 amide bonds. The SMILES string of the molecule is COc1ccc(Oc2ccc([C@@H](C)N)cc2Cl)c(Br)c1. The molecule has 0 aliphatic carbocycles. The Morgan fingerprint density at radius 1 is 1.15 bits per heavy atom. The van der Waals surface area contributed by atoms with Gasteiger partial charge in [-0.3, -0.25) is 0 Å². The lowest BCUT2D eigenvalue weighted by Gasteiger charge is -2.12. The first kappa shape index (κ1) is 15.2. The molecule has 0 aromatic heterocycles. The van der Waals surface area contributed by atoms with Gasteiger partial charge in [0, 0.05) is 6.04 Å². The van der Waals surface area contributed by atoms with Crippen LogP contribution in [0.25, 0.3) is 0 Å². The molecule has 1 atom stereocenters. The third-order valence-electron chi connectivity index (χ3n) is 2.84. The molecule has 0 fully saturated rings. The molecule has 3 nitrogen and oxygen atoms in total. The van der Waals surface area contributed by atoms with Crippen molar-refractivity contribution in [2.24, 2.45) is 5.73 Å². The van der Waals surface area contributed by atoms with Gasteiger partial charge in [-0.1, -0.05) is 17.7 Å². The van der Waals surface area contributed by atoms with Crippen LogP contribution in [0.4, 0.5) is 0 Å². The Morgan fingerprint density at radius 3 is 2.40 bits per heavy atom. The quantitative estimate of drug-likeness (QED) is 0.845. The zero-order valence-corrected chi connectivity index (χ0v) is 13.5. The minimum Gasteiger partial charge on any atom is -0.497 e. The van der Waals surface area contributed by atoms with Gasteiger partial charge in [-0.05, 0) is 58.7 Å². The van der Waals surface area contributed by atoms with Crippen molar-refractivity contribution < 1.29 is 9.47 Å². The van der Waals surface area contributed by atoms with E-state index in [1.807, 2.05) is 43.3 Å². The van der Waals surface area contributed by atoms with E-state index in [4.69, 9.17) is 26.8 Å². The van der Waals surface area contributed by atoms with Crippen LogP contribution in [-0.2, 0) is 0 Å². The van der Waals surface area contributed by atoms with E-state index >= 15 is 0 Å². The zero-order valence-electron chi connectivity index (χ0n) is 11.2. The van der Waals surface area contributed by atoms with Crippen LogP contribution in [0.15, 0.2) is 40.9 Å². The summed E-state index contributed by atoms with van der Waals surface area (Å²) in [6.07, 6.45) is 0. The number of rotatable bonds is 4. The minimum atomic E-state index is -0.0609. The van der Waals surface area contributed by atoms with Crippen LogP contribution in [0.2, 0.25) is 5.02 Å². The predicted octanol–water partition coefficient (Wildman–Crippen LogP) is 4.92. The maximum Gasteiger partial charge on any atom is 0.146 e. The summed E-state index contributed by atoms with van der Waals surface area (Å²) in [5, 5.41) is 0.530. The number of ether oxygens (including phenoxy) is 2. The van der Waals surface area contributed by atoms with Crippen LogP contribution in [-0.4, -0.2) is 7.11 Å². The fourth-order valence-corrected chi connectivity index (χ4v) is 2.36. The van der Waals surface area contributed by atoms with Gasteiger partial charge in [0.2, 0.25) is 0 Å². The summed E-state index contributed by atoms with van der Waals surface area (Å²) >= 11 is 9.65. The molecule has 0 bridgehead atoms. The molecule has 2 N–H and O–H groups in total. The molecule has 0 radical (unpaired) electrons. The van der Waals surface area contributed by atoms with Gasteiger partial charge < -0.3 is 15.2 Å². The number of hydrogen-bond acceptors (Lipinski definition) is 3. The molecule has 106 valence electrons. The second-order valence-electron chi connectivity index (χ2n) is 4.38. The summed E-state index contributed by atoms with van der Waals surface area (Å²) in [6.45, 7) is 1.91. The van der Waals surface area contributed by atoms with E-state index in [-0.39, 0.29) is 6.04 Å². The lowest BCUT2D eigenvalue weighted by Crippen LogP contribution is -2.04. The van der Waals surface area contributed by atoms with E-state index in [0.29, 0.717) is 16.5 Å². The highest BCUT2D eigenvalue weighted by atomic mass is 79.9. The van der Waals surface area contributed by atoms with Gasteiger partial charge in [-0.25, -0.2) is 0 Å². The standard InChI is InChI=1S/C15H15BrClNO2/c1-9(18)10-3-5-15(13(17)7-10)20-14-6-4-11(19-2)8-12(14)16/h3-9H,18H2,1-2H3/t9-/m1/s1. The zero-order chi connectivity index (χ0) is 14.7. The van der Waals surface area contributed by atoms with Crippen molar-refractivity contribution in [3.63, 3.8) is 0 Å². The lowest BCUT2D eigenvalue weighted by atomic mass is 10.1. The van der Waals surface area contributed by atoms with Crippen LogP contribution in [0.1, 0.15) is 18.5 Å². The Hall–Kier alpha value is -1.23. The van der Waals surface area contributed by atoms with E-state index in [9.17, 15) is 0 Å². The molecule has 5 heteroatoms. The van der Waals surface area contributed by atoms with Crippen molar-refractivity contribution >= 4 is 27.5 Å². The van der Waals surface area contributed by atoms with Gasteiger partial charge in [0.15, 0.2) is 0 Å². The predicted molar refractivity (Wildman–Crippen MR) is 84.8 cm³/mol. The van der Waals surface area contributed by atoms with E-state index in [0.717, 1.165) is 15.8 Å². The van der Waals surface area contributed by atoms with E-state index < -0.39 is 0 Å². The number of halogens is 2. The van der Waals surface area contributed by atoms with E-state index in [1.54, 1.807) is 7.11 Å². The molecule has 2 aromatic carbocycles. The minimum absolute atomic E-state index is 0.0609. The first-order chi connectivity index (χ1) is 9.51. The van der Waals surface area contributed by atoms with Gasteiger partial charge in [-0.2, -0.15) is 0 Å². The maximum absolute atomic E-state index is 6.21. The summed E-state index contributed by atoms with van der Waals surface area (Å²) in [6, 6.07) is 11.0. The normalized spacial score (nSPS) is 12.1. The molecule has 0 heterocycles. The molecule has 0 saturated carbocycles. The van der Waals surface area contributed by atoms with Crippen LogP contribution < -0.4 is 15.2 Å². The summed E-state index contributed by atoms with van der Waals surface area (Å²) in [5.41, 5.74) is 6.79. The summed E-state index contributed by atoms with van der Waals surface area (Å²) in [7, 11) is 1.62. The van der Waals surface area contributed by atoms with E-state index in [1.165, 1.54) is 0 Å². The second kappa shape index (κ2) is 6.48. The highest BCUT2D eigenvalue weighted by Crippen LogP contribution is 2.36. The molecule has 2 rings (SSSR count). The fourth-order valence-electron chi connectivity index (χ4n) is 1.69. The fraction of sp³-hybridized carbons (Fsp3) is 0.200. The summed E-state index contributed by atoms with van der Waals surface area (Å²) < 4.78 is 11.7. The topological polar surface area (TPSA) is 44.5 Å². The molecule has 0 aliphatic rings. The van der Waals surface area contributed by atoms with Crippen LogP contribution in [0.3, 0.4) is 0 Å². The number of hydrogen-bond donors (Lipinski definition) is 1. The molecule has 0 unspecified atom stereocenters. The van der Waals surface area contributed by atoms with Crippen molar-refractivity contribution in [2.75, 3.05) is 7.11 Å². The van der Waals surface area contributed by atoms with Crippen molar-refractivity contribution in [2.45, 2.75) is 13.0 Å². The Kier molecular flexibility index (Phi) is 4.91. The van der Waals surface area contributed by atoms with Crippen LogP contribution in [0, 0.1) is 0 Å². The van der Waals surface area contributed by atoms with Gasteiger partial charge in [0.25, 0.3) is 0 Å². The van der Waals surface area contributed by atoms with E-state index in [2.05, 4.69) is 15.9 Å². The van der Waals surface area contributed by atoms with Crippen LogP contribution in [0.5, 0.6) is 17.2 Å². The van der Waals surface area contributed by atoms with Crippen molar-refractivity contribution in [3.05, 3.63) is 51.5 Å². The second-order valence-corrected chi connectivity index (χ2v) is 5.64. The third-order valence-corrected chi connectivity index (χ3v) is 3.76. The van der Waals surface area contributed by atoms with Gasteiger partial charge >= 0.3 is 0 Å². The Labute approximate surface area is 131 Å². The van der Waals surface area contributed by atoms with Crippen LogP contribution >= 0.6 is 27.5 Å². The summed E-state index contributed by atoms with van der Waals surface area (Å²) in [5.74, 6) is 2.01. The number of methoxy groups -OCH3 is 1. The lowest BCUT2D eigenvalue weighted by molar-refractivity contribution is 0.412. The molecular weight excluding hydrogens is 342 g/mol. The largest absolute Gasteiger partial charge is 0.497 e. The molecule has 20 heavy (non-hydrogen) atoms. The Bertz CT molecular complexity index is 617. The third kappa shape index (κ3) is 3.45. The number of nitrogens with two attached hydrogens (primary N) is 1. The molecule has 0 spiro atoms. The first-order valence-electron chi connectivity index (χ1n) is 6.07. The van der Waals surface area contributed by atoms with Gasteiger partial charge in [-0.15, -0.1) is 0 Å². The highest BCUT2D eigenvalue weighted by Gasteiger charge is 2.09. The van der Waals surface area contributed by atoms with Crippen molar-refractivity contribution in [3.8, 4) is 17.2 Å². The van der Waals surface area contributed by atoms with Gasteiger partial charge in [0.05, 0.1) is 16.6 Å².